The summed E-state index contributed by atoms with van der Waals surface area (Å²) in [6.45, 7) is 4.38. The smallest absolute Gasteiger partial charge is 0.166 e. The van der Waals surface area contributed by atoms with Gasteiger partial charge in [-0.2, -0.15) is 0 Å². The van der Waals surface area contributed by atoms with Gasteiger partial charge < -0.3 is 0 Å². The minimum atomic E-state index is -1.89. The minimum Gasteiger partial charge on any atom is -0.233 e. The molecule has 0 N–H and O–H groups in total. The van der Waals surface area contributed by atoms with Gasteiger partial charge in [0.25, 0.3) is 0 Å². The van der Waals surface area contributed by atoms with Gasteiger partial charge >= 0.3 is 0 Å². The maximum absolute atomic E-state index is 16.6. The molecule has 0 saturated carbocycles. The highest BCUT2D eigenvalue weighted by Gasteiger charge is 2.39. The van der Waals surface area contributed by atoms with Crippen LogP contribution >= 0.6 is 0 Å². The van der Waals surface area contributed by atoms with Crippen LogP contribution in [0.5, 0.6) is 0 Å². The lowest BCUT2D eigenvalue weighted by atomic mass is 9.78. The van der Waals surface area contributed by atoms with Crippen molar-refractivity contribution in [3.63, 3.8) is 0 Å². The summed E-state index contributed by atoms with van der Waals surface area (Å²) < 4.78 is 46.8. The van der Waals surface area contributed by atoms with Gasteiger partial charge in [0.1, 0.15) is 0 Å². The van der Waals surface area contributed by atoms with Gasteiger partial charge in [0.05, 0.1) is 0 Å². The molecular weight excluding hydrogens is 465 g/mol. The fourth-order valence-electron chi connectivity index (χ4n) is 5.34. The molecule has 2 aromatic rings. The molecule has 1 aliphatic carbocycles. The second kappa shape index (κ2) is 15.2. The molecule has 202 valence electrons. The highest BCUT2D eigenvalue weighted by atomic mass is 19.2. The number of hydrogen-bond acceptors (Lipinski definition) is 0. The lowest BCUT2D eigenvalue weighted by molar-refractivity contribution is 0.248. The molecule has 0 aliphatic heterocycles. The zero-order chi connectivity index (χ0) is 26.5. The van der Waals surface area contributed by atoms with Crippen molar-refractivity contribution in [2.75, 3.05) is 0 Å². The average Bonchev–Trinajstić information content (AvgIpc) is 2.91. The molecule has 3 rings (SSSR count). The monoisotopic (exact) mass is 510 g/mol. The Balaban J connectivity index is 1.67. The first-order chi connectivity index (χ1) is 18.0. The molecule has 0 aromatic heterocycles. The lowest BCUT2D eigenvalue weighted by Crippen LogP contribution is -2.24. The summed E-state index contributed by atoms with van der Waals surface area (Å²) in [5, 5.41) is 0. The van der Waals surface area contributed by atoms with Crippen molar-refractivity contribution in [2.24, 2.45) is 0 Å². The topological polar surface area (TPSA) is 0 Å². The SMILES string of the molecule is CCCCCCCCCc1ccc(C2(F)CC=CC=C2c2ccc(CCCCCCC)c(F)c2F)cc1. The van der Waals surface area contributed by atoms with Crippen molar-refractivity contribution in [1.29, 1.82) is 0 Å². The van der Waals surface area contributed by atoms with Gasteiger partial charge in [-0.25, -0.2) is 13.2 Å². The first-order valence-corrected chi connectivity index (χ1v) is 14.6. The maximum Gasteiger partial charge on any atom is 0.166 e. The molecule has 1 unspecified atom stereocenters. The Hall–Kier alpha value is -2.29. The van der Waals surface area contributed by atoms with E-state index in [0.29, 0.717) is 17.5 Å². The Bertz CT molecular complexity index is 1020. The van der Waals surface area contributed by atoms with E-state index in [1.54, 1.807) is 30.4 Å². The molecule has 0 spiro atoms. The van der Waals surface area contributed by atoms with Crippen molar-refractivity contribution >= 4 is 5.57 Å². The Morgan fingerprint density at radius 3 is 1.92 bits per heavy atom. The number of alkyl halides is 1. The lowest BCUT2D eigenvalue weighted by Gasteiger charge is -2.30. The van der Waals surface area contributed by atoms with E-state index in [2.05, 4.69) is 13.8 Å². The maximum atomic E-state index is 16.6. The van der Waals surface area contributed by atoms with E-state index in [1.165, 1.54) is 44.1 Å². The number of halogens is 3. The zero-order valence-electron chi connectivity index (χ0n) is 22.9. The summed E-state index contributed by atoms with van der Waals surface area (Å²) >= 11 is 0. The largest absolute Gasteiger partial charge is 0.233 e. The van der Waals surface area contributed by atoms with Gasteiger partial charge in [0, 0.05) is 17.6 Å². The Morgan fingerprint density at radius 1 is 0.676 bits per heavy atom. The van der Waals surface area contributed by atoms with E-state index in [1.807, 2.05) is 24.3 Å². The number of unbranched alkanes of at least 4 members (excludes halogenated alkanes) is 10. The van der Waals surface area contributed by atoms with Crippen molar-refractivity contribution < 1.29 is 13.2 Å². The summed E-state index contributed by atoms with van der Waals surface area (Å²) in [7, 11) is 0. The van der Waals surface area contributed by atoms with Gasteiger partial charge in [-0.15, -0.1) is 0 Å². The van der Waals surface area contributed by atoms with Crippen LogP contribution in [0.25, 0.3) is 5.57 Å². The second-order valence-electron chi connectivity index (χ2n) is 10.6. The van der Waals surface area contributed by atoms with Crippen LogP contribution in [0.3, 0.4) is 0 Å². The predicted octanol–water partition coefficient (Wildman–Crippen LogP) is 11.0. The van der Waals surface area contributed by atoms with Gasteiger partial charge in [-0.05, 0) is 42.4 Å². The first-order valence-electron chi connectivity index (χ1n) is 14.6. The Morgan fingerprint density at radius 2 is 1.27 bits per heavy atom. The van der Waals surface area contributed by atoms with Crippen LogP contribution in [0, 0.1) is 11.6 Å². The first kappa shape index (κ1) is 29.3. The van der Waals surface area contributed by atoms with Crippen molar-refractivity contribution in [3.8, 4) is 0 Å². The molecule has 3 heteroatoms. The molecule has 0 bridgehead atoms. The highest BCUT2D eigenvalue weighted by Crippen LogP contribution is 2.46. The third-order valence-electron chi connectivity index (χ3n) is 7.71. The predicted molar refractivity (Wildman–Crippen MR) is 151 cm³/mol. The van der Waals surface area contributed by atoms with E-state index in [-0.39, 0.29) is 17.6 Å². The molecule has 0 radical (unpaired) electrons. The fourth-order valence-corrected chi connectivity index (χ4v) is 5.34. The fraction of sp³-hybridized carbons (Fsp3) is 0.529. The number of allylic oxidation sites excluding steroid dienone is 4. The highest BCUT2D eigenvalue weighted by molar-refractivity contribution is 5.77. The van der Waals surface area contributed by atoms with Gasteiger partial charge in [-0.1, -0.05) is 133 Å². The van der Waals surface area contributed by atoms with Crippen LogP contribution in [-0.2, 0) is 18.5 Å². The molecule has 0 amide bonds. The van der Waals surface area contributed by atoms with Gasteiger partial charge in [-0.3, -0.25) is 0 Å². The summed E-state index contributed by atoms with van der Waals surface area (Å²) in [5.41, 5.74) is 0.391. The van der Waals surface area contributed by atoms with E-state index in [9.17, 15) is 4.39 Å². The van der Waals surface area contributed by atoms with E-state index in [0.717, 1.165) is 44.9 Å². The van der Waals surface area contributed by atoms with E-state index >= 15 is 8.78 Å². The molecule has 0 nitrogen and oxygen atoms in total. The van der Waals surface area contributed by atoms with Crippen LogP contribution < -0.4 is 0 Å². The van der Waals surface area contributed by atoms with Crippen LogP contribution in [-0.4, -0.2) is 0 Å². The van der Waals surface area contributed by atoms with Crippen LogP contribution in [0.1, 0.15) is 120 Å². The summed E-state index contributed by atoms with van der Waals surface area (Å²) in [6, 6.07) is 10.8. The molecule has 37 heavy (non-hydrogen) atoms. The molecule has 0 heterocycles. The van der Waals surface area contributed by atoms with Crippen molar-refractivity contribution in [1.82, 2.24) is 0 Å². The van der Waals surface area contributed by atoms with E-state index in [4.69, 9.17) is 0 Å². The normalized spacial score (nSPS) is 17.3. The quantitative estimate of drug-likeness (QED) is 0.197. The molecule has 2 aromatic carbocycles. The van der Waals surface area contributed by atoms with Crippen molar-refractivity contribution in [2.45, 2.75) is 116 Å². The molecule has 1 atom stereocenters. The Labute approximate surface area is 223 Å². The Kier molecular flexibility index (Phi) is 12.0. The standard InChI is InChI=1S/C34H45F3/c1-3-5-7-9-10-12-13-17-27-20-23-29(24-21-27)34(37)26-16-15-19-31(34)30-25-22-28(32(35)33(30)36)18-14-11-8-6-4-2/h15-16,19-25H,3-14,17-18,26H2,1-2H3. The molecule has 0 saturated heterocycles. The summed E-state index contributed by atoms with van der Waals surface area (Å²) in [5.74, 6) is -1.78. The number of aryl methyl sites for hydroxylation is 2. The van der Waals surface area contributed by atoms with Gasteiger partial charge in [0.2, 0.25) is 0 Å². The van der Waals surface area contributed by atoms with Crippen molar-refractivity contribution in [3.05, 3.63) is 88.5 Å². The second-order valence-corrected chi connectivity index (χ2v) is 10.6. The third-order valence-corrected chi connectivity index (χ3v) is 7.71. The summed E-state index contributed by atoms with van der Waals surface area (Å²) in [6.07, 6.45) is 20.8. The minimum absolute atomic E-state index is 0.0197. The zero-order valence-corrected chi connectivity index (χ0v) is 22.9. The molecular formula is C34H45F3. The third kappa shape index (κ3) is 8.09. The number of rotatable bonds is 16. The van der Waals surface area contributed by atoms with E-state index < -0.39 is 17.3 Å². The molecule has 0 fully saturated rings. The van der Waals surface area contributed by atoms with Gasteiger partial charge in [0.15, 0.2) is 17.3 Å². The summed E-state index contributed by atoms with van der Waals surface area (Å²) in [4.78, 5) is 0. The van der Waals surface area contributed by atoms with Crippen LogP contribution in [0.15, 0.2) is 54.6 Å². The average molecular weight is 511 g/mol. The molecule has 1 aliphatic rings. The van der Waals surface area contributed by atoms with Crippen LogP contribution in [0.4, 0.5) is 13.2 Å². The van der Waals surface area contributed by atoms with Crippen LogP contribution in [0.2, 0.25) is 0 Å². The number of benzene rings is 2. The number of hydrogen-bond donors (Lipinski definition) is 0.